The summed E-state index contributed by atoms with van der Waals surface area (Å²) in [5, 5.41) is 0. The molecule has 0 fully saturated rings. The Morgan fingerprint density at radius 3 is 2.09 bits per heavy atom. The van der Waals surface area contributed by atoms with E-state index < -0.39 is 0 Å². The molecular formula is C30H48O3. The van der Waals surface area contributed by atoms with Gasteiger partial charge in [-0.3, -0.25) is 14.4 Å². The van der Waals surface area contributed by atoms with Gasteiger partial charge in [-0.05, 0) is 80.0 Å². The second-order valence-corrected chi connectivity index (χ2v) is 9.93. The maximum Gasteiger partial charge on any atom is 0.163 e. The minimum atomic E-state index is -0.0693. The zero-order valence-corrected chi connectivity index (χ0v) is 22.6. The normalized spacial score (nSPS) is 17.0. The summed E-state index contributed by atoms with van der Waals surface area (Å²) < 4.78 is 0. The van der Waals surface area contributed by atoms with E-state index in [4.69, 9.17) is 0 Å². The number of hydrogen-bond donors (Lipinski definition) is 0. The molecule has 3 atom stereocenters. The average molecular weight is 457 g/mol. The topological polar surface area (TPSA) is 51.2 Å². The molecule has 0 heterocycles. The van der Waals surface area contributed by atoms with Gasteiger partial charge in [-0.1, -0.05) is 66.9 Å². The van der Waals surface area contributed by atoms with Gasteiger partial charge in [0, 0.05) is 17.9 Å². The van der Waals surface area contributed by atoms with E-state index in [1.807, 2.05) is 0 Å². The van der Waals surface area contributed by atoms with Crippen molar-refractivity contribution >= 4 is 17.3 Å². The van der Waals surface area contributed by atoms with Crippen molar-refractivity contribution in [1.29, 1.82) is 0 Å². The van der Waals surface area contributed by atoms with Crippen LogP contribution in [0.25, 0.3) is 0 Å². The fourth-order valence-electron chi connectivity index (χ4n) is 5.62. The molecule has 1 aromatic rings. The molecule has 0 saturated carbocycles. The van der Waals surface area contributed by atoms with Gasteiger partial charge in [-0.2, -0.15) is 0 Å². The zero-order valence-electron chi connectivity index (χ0n) is 22.6. The van der Waals surface area contributed by atoms with E-state index in [0.717, 1.165) is 50.5 Å². The number of carbonyl (C=O) groups is 3. The standard InChI is InChI=1S/C27H40O3.C3H8/c1-7-11-22(23(10-4)25(29)12-17(5)28)13-19-14-24-21(9-3)16-20(8-2)18(6)27(24)26(30)15-19;1-3-2/h16,19,22-23H,7-15H2,1-6H3;3H2,1-2H3. The van der Waals surface area contributed by atoms with Crippen molar-refractivity contribution in [2.45, 2.75) is 120 Å². The van der Waals surface area contributed by atoms with E-state index in [9.17, 15) is 14.4 Å². The molecule has 0 aromatic heterocycles. The molecule has 1 aliphatic rings. The van der Waals surface area contributed by atoms with Crippen LogP contribution in [-0.2, 0) is 28.9 Å². The first kappa shape index (κ1) is 29.3. The SMILES string of the molecule is CCC.CCCC(CC1CC(=O)c2c(C)c(CC)cc(CC)c2C1)C(CC)C(=O)CC(C)=O. The molecule has 0 spiro atoms. The van der Waals surface area contributed by atoms with Crippen molar-refractivity contribution in [2.75, 3.05) is 0 Å². The first-order valence-corrected chi connectivity index (χ1v) is 13.4. The van der Waals surface area contributed by atoms with E-state index in [1.54, 1.807) is 0 Å². The third-order valence-corrected chi connectivity index (χ3v) is 7.04. The highest BCUT2D eigenvalue weighted by Crippen LogP contribution is 2.38. The van der Waals surface area contributed by atoms with Crippen LogP contribution in [0.15, 0.2) is 6.07 Å². The minimum absolute atomic E-state index is 0.0458. The van der Waals surface area contributed by atoms with Crippen LogP contribution in [-0.4, -0.2) is 17.3 Å². The van der Waals surface area contributed by atoms with Gasteiger partial charge in [0.1, 0.15) is 11.6 Å². The number of rotatable bonds is 11. The molecule has 1 aliphatic carbocycles. The highest BCUT2D eigenvalue weighted by atomic mass is 16.1. The molecule has 2 rings (SSSR count). The summed E-state index contributed by atoms with van der Waals surface area (Å²) in [6.07, 6.45) is 8.39. The lowest BCUT2D eigenvalue weighted by molar-refractivity contribution is -0.129. The van der Waals surface area contributed by atoms with E-state index in [0.29, 0.717) is 6.42 Å². The predicted octanol–water partition coefficient (Wildman–Crippen LogP) is 7.66. The number of benzene rings is 1. The zero-order chi connectivity index (χ0) is 25.1. The first-order chi connectivity index (χ1) is 15.7. The Bertz CT molecular complexity index is 805. The average Bonchev–Trinajstić information content (AvgIpc) is 2.74. The van der Waals surface area contributed by atoms with Crippen molar-refractivity contribution in [1.82, 2.24) is 0 Å². The molecule has 0 bridgehead atoms. The van der Waals surface area contributed by atoms with E-state index in [1.165, 1.54) is 35.6 Å². The lowest BCUT2D eigenvalue weighted by Gasteiger charge is -2.33. The van der Waals surface area contributed by atoms with Crippen LogP contribution >= 0.6 is 0 Å². The van der Waals surface area contributed by atoms with Gasteiger partial charge in [0.05, 0.1) is 6.42 Å². The largest absolute Gasteiger partial charge is 0.300 e. The van der Waals surface area contributed by atoms with Gasteiger partial charge in [0.2, 0.25) is 0 Å². The summed E-state index contributed by atoms with van der Waals surface area (Å²) in [5.74, 6) is 0.793. The first-order valence-electron chi connectivity index (χ1n) is 13.4. The molecule has 0 N–H and O–H groups in total. The fourth-order valence-corrected chi connectivity index (χ4v) is 5.62. The van der Waals surface area contributed by atoms with Crippen LogP contribution in [0.1, 0.15) is 126 Å². The third kappa shape index (κ3) is 7.90. The Kier molecular flexibility index (Phi) is 12.8. The van der Waals surface area contributed by atoms with E-state index in [-0.39, 0.29) is 41.5 Å². The number of carbonyl (C=O) groups excluding carboxylic acids is 3. The lowest BCUT2D eigenvalue weighted by atomic mass is 9.71. The Hall–Kier alpha value is -1.77. The molecular weight excluding hydrogens is 408 g/mol. The Morgan fingerprint density at radius 1 is 1.00 bits per heavy atom. The minimum Gasteiger partial charge on any atom is -0.300 e. The van der Waals surface area contributed by atoms with Crippen molar-refractivity contribution < 1.29 is 14.4 Å². The summed E-state index contributed by atoms with van der Waals surface area (Å²) >= 11 is 0. The summed E-state index contributed by atoms with van der Waals surface area (Å²) in [4.78, 5) is 37.4. The number of fused-ring (bicyclic) bond motifs is 1. The maximum atomic E-state index is 13.2. The van der Waals surface area contributed by atoms with Gasteiger partial charge >= 0.3 is 0 Å². The number of Topliss-reactive ketones (excluding diaryl/α,β-unsaturated/α-hetero) is 3. The number of hydrogen-bond acceptors (Lipinski definition) is 3. The predicted molar refractivity (Wildman–Crippen MR) is 139 cm³/mol. The Balaban J connectivity index is 0.00000172. The van der Waals surface area contributed by atoms with Crippen LogP contribution in [0.5, 0.6) is 0 Å². The highest BCUT2D eigenvalue weighted by molar-refractivity contribution is 6.01. The summed E-state index contributed by atoms with van der Waals surface area (Å²) in [6.45, 7) is 16.4. The van der Waals surface area contributed by atoms with E-state index >= 15 is 0 Å². The van der Waals surface area contributed by atoms with Gasteiger partial charge in [-0.25, -0.2) is 0 Å². The molecule has 186 valence electrons. The van der Waals surface area contributed by atoms with Crippen LogP contribution in [0, 0.1) is 24.7 Å². The maximum absolute atomic E-state index is 13.2. The van der Waals surface area contributed by atoms with Gasteiger partial charge in [0.25, 0.3) is 0 Å². The molecule has 0 aliphatic heterocycles. The van der Waals surface area contributed by atoms with Crippen molar-refractivity contribution in [3.63, 3.8) is 0 Å². The van der Waals surface area contributed by atoms with Crippen LogP contribution in [0.4, 0.5) is 0 Å². The fraction of sp³-hybridized carbons (Fsp3) is 0.700. The van der Waals surface area contributed by atoms with Crippen molar-refractivity contribution in [3.05, 3.63) is 33.9 Å². The molecule has 3 unspecified atom stereocenters. The van der Waals surface area contributed by atoms with Crippen molar-refractivity contribution in [3.8, 4) is 0 Å². The van der Waals surface area contributed by atoms with Crippen molar-refractivity contribution in [2.24, 2.45) is 17.8 Å². The van der Waals surface area contributed by atoms with Crippen LogP contribution < -0.4 is 0 Å². The lowest BCUT2D eigenvalue weighted by Crippen LogP contribution is -2.30. The van der Waals surface area contributed by atoms with Gasteiger partial charge in [-0.15, -0.1) is 0 Å². The summed E-state index contributed by atoms with van der Waals surface area (Å²) in [5.41, 5.74) is 6.02. The smallest absolute Gasteiger partial charge is 0.163 e. The van der Waals surface area contributed by atoms with Gasteiger partial charge < -0.3 is 0 Å². The van der Waals surface area contributed by atoms with Gasteiger partial charge in [0.15, 0.2) is 5.78 Å². The molecule has 1 aromatic carbocycles. The Morgan fingerprint density at radius 2 is 1.61 bits per heavy atom. The molecule has 0 amide bonds. The molecule has 3 nitrogen and oxygen atoms in total. The van der Waals surface area contributed by atoms with E-state index in [2.05, 4.69) is 54.5 Å². The Labute approximate surface area is 203 Å². The molecule has 0 saturated heterocycles. The monoisotopic (exact) mass is 456 g/mol. The van der Waals surface area contributed by atoms with Crippen LogP contribution in [0.3, 0.4) is 0 Å². The number of aryl methyl sites for hydroxylation is 2. The quantitative estimate of drug-likeness (QED) is 0.321. The molecule has 33 heavy (non-hydrogen) atoms. The van der Waals surface area contributed by atoms with Crippen LogP contribution in [0.2, 0.25) is 0 Å². The highest BCUT2D eigenvalue weighted by Gasteiger charge is 2.34. The summed E-state index contributed by atoms with van der Waals surface area (Å²) in [7, 11) is 0. The summed E-state index contributed by atoms with van der Waals surface area (Å²) in [6, 6.07) is 2.30. The second-order valence-electron chi connectivity index (χ2n) is 9.93. The molecule has 3 heteroatoms. The number of ketones is 3. The second kappa shape index (κ2) is 14.5. The third-order valence-electron chi connectivity index (χ3n) is 7.04. The molecule has 0 radical (unpaired) electrons.